The first-order valence-corrected chi connectivity index (χ1v) is 7.29. The summed E-state index contributed by atoms with van der Waals surface area (Å²) in [6.07, 6.45) is 0.936. The molecule has 0 spiro atoms. The Kier molecular flexibility index (Phi) is 5.72. The summed E-state index contributed by atoms with van der Waals surface area (Å²) in [4.78, 5) is 19.6. The SMILES string of the molecule is COCCOCNC(=O)Nc1nc2c(s1)CN(C)CC2. The van der Waals surface area contributed by atoms with Crippen LogP contribution < -0.4 is 10.6 Å². The van der Waals surface area contributed by atoms with Crippen LogP contribution in [0.4, 0.5) is 9.93 Å². The summed E-state index contributed by atoms with van der Waals surface area (Å²) in [7, 11) is 3.69. The standard InChI is InChI=1S/C12H20N4O3S/c1-16-4-3-9-10(7-16)20-12(14-9)15-11(17)13-8-19-6-5-18-2/h3-8H2,1-2H3,(H2,13,14,15,17). The van der Waals surface area contributed by atoms with Crippen molar-refractivity contribution in [2.45, 2.75) is 13.0 Å². The van der Waals surface area contributed by atoms with Gasteiger partial charge >= 0.3 is 6.03 Å². The number of methoxy groups -OCH3 is 1. The number of amides is 2. The van der Waals surface area contributed by atoms with E-state index in [0.717, 1.165) is 25.2 Å². The van der Waals surface area contributed by atoms with Gasteiger partial charge in [-0.15, -0.1) is 11.3 Å². The van der Waals surface area contributed by atoms with Gasteiger partial charge in [0.25, 0.3) is 0 Å². The number of anilines is 1. The minimum atomic E-state index is -0.304. The number of fused-ring (bicyclic) bond motifs is 1. The van der Waals surface area contributed by atoms with E-state index in [9.17, 15) is 4.79 Å². The summed E-state index contributed by atoms with van der Waals surface area (Å²) in [6, 6.07) is -0.304. The molecule has 1 aliphatic heterocycles. The number of urea groups is 1. The summed E-state index contributed by atoms with van der Waals surface area (Å²) >= 11 is 1.53. The van der Waals surface area contributed by atoms with Crippen LogP contribution in [0.3, 0.4) is 0 Å². The molecule has 2 heterocycles. The van der Waals surface area contributed by atoms with Crippen LogP contribution in [0.1, 0.15) is 10.6 Å². The number of rotatable bonds is 6. The Morgan fingerprint density at radius 1 is 1.50 bits per heavy atom. The topological polar surface area (TPSA) is 75.7 Å². The van der Waals surface area contributed by atoms with Crippen molar-refractivity contribution < 1.29 is 14.3 Å². The molecule has 0 aliphatic carbocycles. The highest BCUT2D eigenvalue weighted by Crippen LogP contribution is 2.27. The van der Waals surface area contributed by atoms with Crippen LogP contribution in [0, 0.1) is 0 Å². The molecule has 20 heavy (non-hydrogen) atoms. The first-order valence-electron chi connectivity index (χ1n) is 6.47. The molecule has 0 atom stereocenters. The number of carbonyl (C=O) groups excluding carboxylic acids is 1. The Bertz CT molecular complexity index is 452. The molecule has 8 heteroatoms. The molecule has 112 valence electrons. The Morgan fingerprint density at radius 2 is 2.35 bits per heavy atom. The minimum Gasteiger partial charge on any atom is -0.382 e. The number of hydrogen-bond acceptors (Lipinski definition) is 6. The summed E-state index contributed by atoms with van der Waals surface area (Å²) < 4.78 is 9.99. The van der Waals surface area contributed by atoms with Crippen LogP contribution >= 0.6 is 11.3 Å². The second-order valence-corrected chi connectivity index (χ2v) is 5.64. The summed E-state index contributed by atoms with van der Waals surface area (Å²) in [5.74, 6) is 0. The van der Waals surface area contributed by atoms with Crippen molar-refractivity contribution in [3.8, 4) is 0 Å². The van der Waals surface area contributed by atoms with Gasteiger partial charge in [-0.1, -0.05) is 0 Å². The third kappa shape index (κ3) is 4.41. The quantitative estimate of drug-likeness (QED) is 0.602. The lowest BCUT2D eigenvalue weighted by atomic mass is 10.2. The van der Waals surface area contributed by atoms with Gasteiger partial charge < -0.3 is 19.7 Å². The van der Waals surface area contributed by atoms with Gasteiger partial charge in [0.05, 0.1) is 18.9 Å². The molecule has 0 fully saturated rings. The van der Waals surface area contributed by atoms with Crippen LogP contribution in [0.25, 0.3) is 0 Å². The van der Waals surface area contributed by atoms with Crippen molar-refractivity contribution in [1.29, 1.82) is 0 Å². The smallest absolute Gasteiger partial charge is 0.322 e. The van der Waals surface area contributed by atoms with Gasteiger partial charge in [-0.3, -0.25) is 5.32 Å². The number of aromatic nitrogens is 1. The molecule has 0 bridgehead atoms. The van der Waals surface area contributed by atoms with E-state index in [1.54, 1.807) is 7.11 Å². The molecule has 1 aromatic rings. The Hall–Kier alpha value is -1.22. The molecule has 2 rings (SSSR count). The zero-order chi connectivity index (χ0) is 14.4. The van der Waals surface area contributed by atoms with Gasteiger partial charge in [0.15, 0.2) is 5.13 Å². The normalized spacial score (nSPS) is 14.9. The predicted molar refractivity (Wildman–Crippen MR) is 77.0 cm³/mol. The highest BCUT2D eigenvalue weighted by molar-refractivity contribution is 7.15. The number of thiazole rings is 1. The average Bonchev–Trinajstić information content (AvgIpc) is 2.79. The van der Waals surface area contributed by atoms with Gasteiger partial charge in [0.1, 0.15) is 6.73 Å². The average molecular weight is 300 g/mol. The van der Waals surface area contributed by atoms with Crippen molar-refractivity contribution in [2.24, 2.45) is 0 Å². The fraction of sp³-hybridized carbons (Fsp3) is 0.667. The van der Waals surface area contributed by atoms with Gasteiger partial charge in [-0.05, 0) is 7.05 Å². The third-order valence-electron chi connectivity index (χ3n) is 2.91. The van der Waals surface area contributed by atoms with E-state index in [1.165, 1.54) is 16.2 Å². The van der Waals surface area contributed by atoms with Crippen LogP contribution in [-0.4, -0.2) is 56.6 Å². The van der Waals surface area contributed by atoms with Crippen LogP contribution in [0.2, 0.25) is 0 Å². The van der Waals surface area contributed by atoms with E-state index >= 15 is 0 Å². The molecule has 2 N–H and O–H groups in total. The van der Waals surface area contributed by atoms with E-state index in [2.05, 4.69) is 27.6 Å². The molecule has 1 aliphatic rings. The number of hydrogen-bond donors (Lipinski definition) is 2. The van der Waals surface area contributed by atoms with Gasteiger partial charge in [0.2, 0.25) is 0 Å². The molecule has 0 aromatic carbocycles. The molecule has 1 aromatic heterocycles. The maximum Gasteiger partial charge on any atom is 0.322 e. The molecular weight excluding hydrogens is 280 g/mol. The maximum atomic E-state index is 11.6. The monoisotopic (exact) mass is 300 g/mol. The minimum absolute atomic E-state index is 0.156. The lowest BCUT2D eigenvalue weighted by molar-refractivity contribution is 0.0650. The second-order valence-electron chi connectivity index (χ2n) is 4.55. The molecule has 0 saturated carbocycles. The molecular formula is C12H20N4O3S. The maximum absolute atomic E-state index is 11.6. The Labute approximate surface area is 122 Å². The van der Waals surface area contributed by atoms with E-state index in [4.69, 9.17) is 9.47 Å². The molecule has 7 nitrogen and oxygen atoms in total. The van der Waals surface area contributed by atoms with Crippen molar-refractivity contribution >= 4 is 22.5 Å². The molecule has 2 amide bonds. The van der Waals surface area contributed by atoms with Crippen LogP contribution in [0.5, 0.6) is 0 Å². The van der Waals surface area contributed by atoms with Crippen molar-refractivity contribution in [2.75, 3.05) is 46.0 Å². The highest BCUT2D eigenvalue weighted by Gasteiger charge is 2.18. The number of likely N-dealkylation sites (N-methyl/N-ethyl adjacent to an activating group) is 1. The number of nitrogens with zero attached hydrogens (tertiary/aromatic N) is 2. The largest absolute Gasteiger partial charge is 0.382 e. The zero-order valence-electron chi connectivity index (χ0n) is 11.8. The van der Waals surface area contributed by atoms with Crippen molar-refractivity contribution in [3.05, 3.63) is 10.6 Å². The summed E-state index contributed by atoms with van der Waals surface area (Å²) in [6.45, 7) is 3.03. The first-order chi connectivity index (χ1) is 9.69. The van der Waals surface area contributed by atoms with E-state index in [1.807, 2.05) is 0 Å². The number of ether oxygens (including phenoxy) is 2. The van der Waals surface area contributed by atoms with Gasteiger partial charge in [-0.25, -0.2) is 9.78 Å². The van der Waals surface area contributed by atoms with E-state index < -0.39 is 0 Å². The van der Waals surface area contributed by atoms with Gasteiger partial charge in [-0.2, -0.15) is 0 Å². The van der Waals surface area contributed by atoms with Crippen LogP contribution in [0.15, 0.2) is 0 Å². The summed E-state index contributed by atoms with van der Waals surface area (Å²) in [5, 5.41) is 5.98. The Balaban J connectivity index is 1.74. The van der Waals surface area contributed by atoms with Crippen LogP contribution in [-0.2, 0) is 22.4 Å². The van der Waals surface area contributed by atoms with E-state index in [0.29, 0.717) is 18.3 Å². The third-order valence-corrected chi connectivity index (χ3v) is 3.91. The molecule has 0 unspecified atom stereocenters. The molecule has 0 saturated heterocycles. The second kappa shape index (κ2) is 7.53. The predicted octanol–water partition coefficient (Wildman–Crippen LogP) is 0.873. The Morgan fingerprint density at radius 3 is 3.15 bits per heavy atom. The van der Waals surface area contributed by atoms with Crippen molar-refractivity contribution in [1.82, 2.24) is 15.2 Å². The van der Waals surface area contributed by atoms with Crippen molar-refractivity contribution in [3.63, 3.8) is 0 Å². The van der Waals surface area contributed by atoms with Gasteiger partial charge in [0, 0.05) is 31.5 Å². The highest BCUT2D eigenvalue weighted by atomic mass is 32.1. The zero-order valence-corrected chi connectivity index (χ0v) is 12.6. The first kappa shape index (κ1) is 15.2. The number of carbonyl (C=O) groups is 1. The van der Waals surface area contributed by atoms with E-state index in [-0.39, 0.29) is 12.8 Å². The fourth-order valence-corrected chi connectivity index (χ4v) is 2.93. The fourth-order valence-electron chi connectivity index (χ4n) is 1.85. The molecule has 0 radical (unpaired) electrons. The number of nitrogens with one attached hydrogen (secondary N) is 2. The summed E-state index contributed by atoms with van der Waals surface area (Å²) in [5.41, 5.74) is 1.10. The lowest BCUT2D eigenvalue weighted by Crippen LogP contribution is -2.31. The lowest BCUT2D eigenvalue weighted by Gasteiger charge is -2.20.